The standard InChI is InChI=1S/C17H24N2O/c1-12(17(2,3)4)11-19-16-15-7-6-14(20-5)10-13(15)8-9-18-16/h6-10,12H,11H2,1-5H3,(H,18,19). The monoisotopic (exact) mass is 272 g/mol. The van der Waals surface area contributed by atoms with Crippen molar-refractivity contribution in [2.75, 3.05) is 19.0 Å². The summed E-state index contributed by atoms with van der Waals surface area (Å²) in [6.07, 6.45) is 1.84. The van der Waals surface area contributed by atoms with E-state index in [1.807, 2.05) is 24.4 Å². The highest BCUT2D eigenvalue weighted by Gasteiger charge is 2.19. The Morgan fingerprint density at radius 3 is 2.65 bits per heavy atom. The highest BCUT2D eigenvalue weighted by molar-refractivity contribution is 5.92. The number of ether oxygens (including phenoxy) is 1. The van der Waals surface area contributed by atoms with Gasteiger partial charge in [0.15, 0.2) is 0 Å². The number of nitrogens with one attached hydrogen (secondary N) is 1. The van der Waals surface area contributed by atoms with Gasteiger partial charge in [-0.05, 0) is 41.0 Å². The van der Waals surface area contributed by atoms with Crippen LogP contribution in [0.5, 0.6) is 5.75 Å². The Morgan fingerprint density at radius 1 is 1.25 bits per heavy atom. The number of benzene rings is 1. The van der Waals surface area contributed by atoms with E-state index in [1.165, 1.54) is 0 Å². The quantitative estimate of drug-likeness (QED) is 0.899. The fourth-order valence-corrected chi connectivity index (χ4v) is 1.98. The average Bonchev–Trinajstić information content (AvgIpc) is 2.42. The first-order valence-corrected chi connectivity index (χ1v) is 7.08. The van der Waals surface area contributed by atoms with Crippen LogP contribution in [0.1, 0.15) is 27.7 Å². The van der Waals surface area contributed by atoms with E-state index >= 15 is 0 Å². The molecule has 3 nitrogen and oxygen atoms in total. The number of pyridine rings is 1. The molecule has 20 heavy (non-hydrogen) atoms. The lowest BCUT2D eigenvalue weighted by Gasteiger charge is -2.27. The molecule has 3 heteroatoms. The number of fused-ring (bicyclic) bond motifs is 1. The van der Waals surface area contributed by atoms with Crippen molar-refractivity contribution < 1.29 is 4.74 Å². The topological polar surface area (TPSA) is 34.1 Å². The van der Waals surface area contributed by atoms with E-state index in [1.54, 1.807) is 7.11 Å². The van der Waals surface area contributed by atoms with Gasteiger partial charge in [0.05, 0.1) is 7.11 Å². The molecule has 1 unspecified atom stereocenters. The van der Waals surface area contributed by atoms with Crippen molar-refractivity contribution in [2.24, 2.45) is 11.3 Å². The van der Waals surface area contributed by atoms with Crippen molar-refractivity contribution in [3.8, 4) is 5.75 Å². The van der Waals surface area contributed by atoms with Crippen molar-refractivity contribution in [1.82, 2.24) is 4.98 Å². The zero-order valence-corrected chi connectivity index (χ0v) is 13.0. The molecule has 0 aliphatic rings. The molecule has 1 aromatic carbocycles. The zero-order chi connectivity index (χ0) is 14.8. The molecule has 1 heterocycles. The normalized spacial score (nSPS) is 13.2. The lowest BCUT2D eigenvalue weighted by molar-refractivity contribution is 0.274. The Hall–Kier alpha value is -1.77. The third-order valence-electron chi connectivity index (χ3n) is 4.03. The van der Waals surface area contributed by atoms with Crippen LogP contribution in [0.2, 0.25) is 0 Å². The first kappa shape index (κ1) is 14.6. The average molecular weight is 272 g/mol. The molecule has 2 rings (SSSR count). The number of anilines is 1. The lowest BCUT2D eigenvalue weighted by atomic mass is 9.82. The van der Waals surface area contributed by atoms with Gasteiger partial charge in [-0.1, -0.05) is 27.7 Å². The fourth-order valence-electron chi connectivity index (χ4n) is 1.98. The van der Waals surface area contributed by atoms with Crippen LogP contribution in [0.4, 0.5) is 5.82 Å². The van der Waals surface area contributed by atoms with Gasteiger partial charge in [0.1, 0.15) is 11.6 Å². The van der Waals surface area contributed by atoms with Crippen LogP contribution in [0.3, 0.4) is 0 Å². The second kappa shape index (κ2) is 5.70. The number of aromatic nitrogens is 1. The molecule has 0 fully saturated rings. The minimum atomic E-state index is 0.292. The van der Waals surface area contributed by atoms with Crippen LogP contribution < -0.4 is 10.1 Å². The van der Waals surface area contributed by atoms with E-state index in [2.05, 4.69) is 44.1 Å². The SMILES string of the molecule is COc1ccc2c(NCC(C)C(C)(C)C)nccc2c1. The molecule has 0 saturated carbocycles. The summed E-state index contributed by atoms with van der Waals surface area (Å²) in [6, 6.07) is 8.08. The predicted molar refractivity (Wildman–Crippen MR) is 85.4 cm³/mol. The second-order valence-electron chi connectivity index (χ2n) is 6.39. The highest BCUT2D eigenvalue weighted by atomic mass is 16.5. The Bertz CT molecular complexity index is 587. The van der Waals surface area contributed by atoms with E-state index in [0.29, 0.717) is 11.3 Å². The summed E-state index contributed by atoms with van der Waals surface area (Å²) < 4.78 is 5.26. The molecule has 0 saturated heterocycles. The largest absolute Gasteiger partial charge is 0.497 e. The summed E-state index contributed by atoms with van der Waals surface area (Å²) in [5.41, 5.74) is 0.292. The van der Waals surface area contributed by atoms with Crippen LogP contribution in [0.25, 0.3) is 10.8 Å². The van der Waals surface area contributed by atoms with Crippen LogP contribution in [-0.2, 0) is 0 Å². The molecule has 0 radical (unpaired) electrons. The summed E-state index contributed by atoms with van der Waals surface area (Å²) in [5.74, 6) is 2.39. The smallest absolute Gasteiger partial charge is 0.133 e. The van der Waals surface area contributed by atoms with E-state index in [-0.39, 0.29) is 0 Å². The summed E-state index contributed by atoms with van der Waals surface area (Å²) in [4.78, 5) is 4.46. The molecule has 0 aliphatic carbocycles. The third-order valence-corrected chi connectivity index (χ3v) is 4.03. The van der Waals surface area contributed by atoms with E-state index in [4.69, 9.17) is 4.74 Å². The highest BCUT2D eigenvalue weighted by Crippen LogP contribution is 2.28. The van der Waals surface area contributed by atoms with Gasteiger partial charge >= 0.3 is 0 Å². The van der Waals surface area contributed by atoms with E-state index < -0.39 is 0 Å². The molecular weight excluding hydrogens is 248 g/mol. The maximum Gasteiger partial charge on any atom is 0.133 e. The Morgan fingerprint density at radius 2 is 2.00 bits per heavy atom. The summed E-state index contributed by atoms with van der Waals surface area (Å²) in [5, 5.41) is 5.76. The van der Waals surface area contributed by atoms with Crippen LogP contribution in [0, 0.1) is 11.3 Å². The Labute approximate surface area is 121 Å². The summed E-state index contributed by atoms with van der Waals surface area (Å²) in [7, 11) is 1.69. The maximum absolute atomic E-state index is 5.26. The predicted octanol–water partition coefficient (Wildman–Crippen LogP) is 4.34. The van der Waals surface area contributed by atoms with E-state index in [0.717, 1.165) is 28.9 Å². The van der Waals surface area contributed by atoms with Crippen molar-refractivity contribution in [3.05, 3.63) is 30.5 Å². The van der Waals surface area contributed by atoms with Gasteiger partial charge in [0.2, 0.25) is 0 Å². The van der Waals surface area contributed by atoms with Gasteiger partial charge < -0.3 is 10.1 Å². The first-order valence-electron chi connectivity index (χ1n) is 7.08. The van der Waals surface area contributed by atoms with Crippen LogP contribution in [-0.4, -0.2) is 18.6 Å². The molecule has 0 amide bonds. The molecule has 1 atom stereocenters. The minimum Gasteiger partial charge on any atom is -0.497 e. The van der Waals surface area contributed by atoms with Gasteiger partial charge in [-0.3, -0.25) is 0 Å². The van der Waals surface area contributed by atoms with Crippen molar-refractivity contribution >= 4 is 16.6 Å². The molecule has 0 bridgehead atoms. The summed E-state index contributed by atoms with van der Waals surface area (Å²) >= 11 is 0. The fraction of sp³-hybridized carbons (Fsp3) is 0.471. The van der Waals surface area contributed by atoms with Gasteiger partial charge in [0.25, 0.3) is 0 Å². The number of hydrogen-bond acceptors (Lipinski definition) is 3. The first-order chi connectivity index (χ1) is 9.41. The van der Waals surface area contributed by atoms with Crippen molar-refractivity contribution in [2.45, 2.75) is 27.7 Å². The molecule has 1 aromatic heterocycles. The summed E-state index contributed by atoms with van der Waals surface area (Å²) in [6.45, 7) is 9.98. The van der Waals surface area contributed by atoms with Gasteiger partial charge in [-0.25, -0.2) is 4.98 Å². The number of hydrogen-bond donors (Lipinski definition) is 1. The van der Waals surface area contributed by atoms with Gasteiger partial charge in [-0.2, -0.15) is 0 Å². The van der Waals surface area contributed by atoms with Crippen LogP contribution in [0.15, 0.2) is 30.5 Å². The zero-order valence-electron chi connectivity index (χ0n) is 13.0. The van der Waals surface area contributed by atoms with Crippen LogP contribution >= 0.6 is 0 Å². The van der Waals surface area contributed by atoms with Crippen molar-refractivity contribution in [1.29, 1.82) is 0 Å². The lowest BCUT2D eigenvalue weighted by Crippen LogP contribution is -2.25. The second-order valence-corrected chi connectivity index (χ2v) is 6.39. The van der Waals surface area contributed by atoms with E-state index in [9.17, 15) is 0 Å². The molecule has 108 valence electrons. The maximum atomic E-state index is 5.26. The molecule has 0 spiro atoms. The Kier molecular flexibility index (Phi) is 4.17. The van der Waals surface area contributed by atoms with Crippen molar-refractivity contribution in [3.63, 3.8) is 0 Å². The number of methoxy groups -OCH3 is 1. The molecular formula is C17H24N2O. The van der Waals surface area contributed by atoms with Gasteiger partial charge in [-0.15, -0.1) is 0 Å². The number of nitrogens with zero attached hydrogens (tertiary/aromatic N) is 1. The van der Waals surface area contributed by atoms with Gasteiger partial charge in [0, 0.05) is 18.1 Å². The third kappa shape index (κ3) is 3.21. The number of rotatable bonds is 4. The minimum absolute atomic E-state index is 0.292. The molecule has 1 N–H and O–H groups in total. The molecule has 2 aromatic rings. The molecule has 0 aliphatic heterocycles. The Balaban J connectivity index is 2.22.